The summed E-state index contributed by atoms with van der Waals surface area (Å²) in [5.74, 6) is 0. The quantitative estimate of drug-likeness (QED) is 0.625. The first-order chi connectivity index (χ1) is 6.80. The van der Waals surface area contributed by atoms with Crippen LogP contribution >= 0.6 is 0 Å². The minimum absolute atomic E-state index is 0.869. The number of nitrogens with two attached hydrogens (primary N) is 1. The SMILES string of the molecule is CN(C)Cc1cc(N)ccc1[Si](C)(C)C. The van der Waals surface area contributed by atoms with Gasteiger partial charge in [0.05, 0.1) is 8.07 Å². The van der Waals surface area contributed by atoms with Gasteiger partial charge in [0.2, 0.25) is 0 Å². The second-order valence-corrected chi connectivity index (χ2v) is 10.4. The van der Waals surface area contributed by atoms with Crippen LogP contribution in [-0.4, -0.2) is 27.1 Å². The van der Waals surface area contributed by atoms with E-state index < -0.39 is 8.07 Å². The zero-order valence-corrected chi connectivity index (χ0v) is 11.5. The Hall–Kier alpha value is -0.803. The lowest BCUT2D eigenvalue weighted by Gasteiger charge is -2.23. The Kier molecular flexibility index (Phi) is 3.57. The summed E-state index contributed by atoms with van der Waals surface area (Å²) in [6, 6.07) is 6.35. The number of benzene rings is 1. The Bertz CT molecular complexity index is 340. The molecule has 1 aromatic carbocycles. The van der Waals surface area contributed by atoms with Crippen molar-refractivity contribution in [2.24, 2.45) is 0 Å². The molecule has 0 fully saturated rings. The van der Waals surface area contributed by atoms with E-state index in [9.17, 15) is 0 Å². The number of nitrogen functional groups attached to an aromatic ring is 1. The molecule has 0 bridgehead atoms. The van der Waals surface area contributed by atoms with E-state index in [0.29, 0.717) is 0 Å². The second-order valence-electron chi connectivity index (χ2n) is 5.40. The van der Waals surface area contributed by atoms with Gasteiger partial charge in [-0.1, -0.05) is 30.9 Å². The van der Waals surface area contributed by atoms with E-state index >= 15 is 0 Å². The largest absolute Gasteiger partial charge is 0.399 e. The van der Waals surface area contributed by atoms with Gasteiger partial charge < -0.3 is 10.6 Å². The molecule has 0 aliphatic heterocycles. The van der Waals surface area contributed by atoms with Crippen molar-refractivity contribution in [3.8, 4) is 0 Å². The molecule has 2 nitrogen and oxygen atoms in total. The van der Waals surface area contributed by atoms with Gasteiger partial charge in [-0.15, -0.1) is 0 Å². The van der Waals surface area contributed by atoms with E-state index in [1.54, 1.807) is 0 Å². The fraction of sp³-hybridized carbons (Fsp3) is 0.500. The zero-order chi connectivity index (χ0) is 11.6. The highest BCUT2D eigenvalue weighted by atomic mass is 28.3. The molecule has 2 N–H and O–H groups in total. The second kappa shape index (κ2) is 4.37. The van der Waals surface area contributed by atoms with Gasteiger partial charge in [-0.25, -0.2) is 0 Å². The van der Waals surface area contributed by atoms with Crippen LogP contribution in [0.3, 0.4) is 0 Å². The highest BCUT2D eigenvalue weighted by Gasteiger charge is 2.20. The summed E-state index contributed by atoms with van der Waals surface area (Å²) in [6.07, 6.45) is 0. The van der Waals surface area contributed by atoms with Gasteiger partial charge in [-0.3, -0.25) is 0 Å². The van der Waals surface area contributed by atoms with Gasteiger partial charge >= 0.3 is 0 Å². The van der Waals surface area contributed by atoms with E-state index in [4.69, 9.17) is 5.73 Å². The fourth-order valence-electron chi connectivity index (χ4n) is 1.82. The van der Waals surface area contributed by atoms with Crippen LogP contribution in [0.25, 0.3) is 0 Å². The Labute approximate surface area is 94.1 Å². The lowest BCUT2D eigenvalue weighted by molar-refractivity contribution is 0.403. The molecule has 0 aromatic heterocycles. The number of rotatable bonds is 3. The summed E-state index contributed by atoms with van der Waals surface area (Å²) >= 11 is 0. The van der Waals surface area contributed by atoms with Gasteiger partial charge in [0.25, 0.3) is 0 Å². The van der Waals surface area contributed by atoms with E-state index in [-0.39, 0.29) is 0 Å². The number of hydrogen-bond donors (Lipinski definition) is 1. The first-order valence-electron chi connectivity index (χ1n) is 5.34. The highest BCUT2D eigenvalue weighted by molar-refractivity contribution is 6.89. The van der Waals surface area contributed by atoms with Crippen molar-refractivity contribution >= 4 is 18.9 Å². The minimum atomic E-state index is -1.25. The van der Waals surface area contributed by atoms with Gasteiger partial charge in [0.1, 0.15) is 0 Å². The van der Waals surface area contributed by atoms with E-state index in [0.717, 1.165) is 12.2 Å². The molecule has 0 aliphatic carbocycles. The molecule has 0 saturated heterocycles. The monoisotopic (exact) mass is 222 g/mol. The first-order valence-corrected chi connectivity index (χ1v) is 8.84. The fourth-order valence-corrected chi connectivity index (χ4v) is 3.51. The van der Waals surface area contributed by atoms with E-state index in [2.05, 4.69) is 50.8 Å². The minimum Gasteiger partial charge on any atom is -0.399 e. The molecule has 84 valence electrons. The van der Waals surface area contributed by atoms with Crippen molar-refractivity contribution in [3.05, 3.63) is 23.8 Å². The number of hydrogen-bond acceptors (Lipinski definition) is 2. The van der Waals surface area contributed by atoms with Crippen molar-refractivity contribution < 1.29 is 0 Å². The summed E-state index contributed by atoms with van der Waals surface area (Å²) in [5.41, 5.74) is 8.10. The molecular formula is C12H22N2Si. The Balaban J connectivity index is 3.15. The molecule has 0 unspecified atom stereocenters. The third kappa shape index (κ3) is 3.36. The third-order valence-corrected chi connectivity index (χ3v) is 4.53. The third-order valence-electron chi connectivity index (χ3n) is 2.42. The molecule has 0 amide bonds. The highest BCUT2D eigenvalue weighted by Crippen LogP contribution is 2.12. The Morgan fingerprint density at radius 3 is 2.27 bits per heavy atom. The van der Waals surface area contributed by atoms with Crippen LogP contribution in [0.15, 0.2) is 18.2 Å². The summed E-state index contributed by atoms with van der Waals surface area (Å²) in [4.78, 5) is 2.19. The molecule has 0 saturated carbocycles. The molecule has 1 rings (SSSR count). The Morgan fingerprint density at radius 2 is 1.80 bits per heavy atom. The van der Waals surface area contributed by atoms with E-state index in [1.165, 1.54) is 10.8 Å². The van der Waals surface area contributed by atoms with Crippen molar-refractivity contribution in [1.82, 2.24) is 4.90 Å². The lowest BCUT2D eigenvalue weighted by atomic mass is 10.2. The zero-order valence-electron chi connectivity index (χ0n) is 10.5. The van der Waals surface area contributed by atoms with Crippen molar-refractivity contribution in [1.29, 1.82) is 0 Å². The molecule has 3 heteroatoms. The predicted octanol–water partition coefficient (Wildman–Crippen LogP) is 1.88. The van der Waals surface area contributed by atoms with Crippen molar-refractivity contribution in [3.63, 3.8) is 0 Å². The summed E-state index contributed by atoms with van der Waals surface area (Å²) < 4.78 is 0. The molecule has 15 heavy (non-hydrogen) atoms. The summed E-state index contributed by atoms with van der Waals surface area (Å²) in [6.45, 7) is 8.09. The van der Waals surface area contributed by atoms with Crippen molar-refractivity contribution in [2.45, 2.75) is 26.2 Å². The standard InChI is InChI=1S/C12H22N2Si/c1-14(2)9-10-8-11(13)6-7-12(10)15(3,4)5/h6-8H,9,13H2,1-5H3. The molecule has 0 aliphatic rings. The van der Waals surface area contributed by atoms with Gasteiger partial charge in [0, 0.05) is 12.2 Å². The van der Waals surface area contributed by atoms with E-state index in [1.807, 2.05) is 6.07 Å². The average Bonchev–Trinajstić information content (AvgIpc) is 1.99. The lowest BCUT2D eigenvalue weighted by Crippen LogP contribution is -2.41. The topological polar surface area (TPSA) is 29.3 Å². The van der Waals surface area contributed by atoms with Crippen LogP contribution in [-0.2, 0) is 6.54 Å². The average molecular weight is 222 g/mol. The van der Waals surface area contributed by atoms with Crippen LogP contribution in [0, 0.1) is 0 Å². The summed E-state index contributed by atoms with van der Waals surface area (Å²) in [7, 11) is 2.94. The Morgan fingerprint density at radius 1 is 1.20 bits per heavy atom. The maximum Gasteiger partial charge on any atom is 0.0780 e. The molecule has 0 heterocycles. The molecule has 1 aromatic rings. The van der Waals surface area contributed by atoms with Gasteiger partial charge in [-0.2, -0.15) is 0 Å². The molecule has 0 atom stereocenters. The smallest absolute Gasteiger partial charge is 0.0780 e. The predicted molar refractivity (Wildman–Crippen MR) is 71.2 cm³/mol. The maximum absolute atomic E-state index is 5.84. The van der Waals surface area contributed by atoms with Crippen LogP contribution in [0.1, 0.15) is 5.56 Å². The molecule has 0 radical (unpaired) electrons. The molecular weight excluding hydrogens is 200 g/mol. The van der Waals surface area contributed by atoms with Crippen LogP contribution in [0.5, 0.6) is 0 Å². The normalized spacial score (nSPS) is 12.1. The maximum atomic E-state index is 5.84. The summed E-state index contributed by atoms with van der Waals surface area (Å²) in [5, 5.41) is 1.52. The van der Waals surface area contributed by atoms with Gasteiger partial charge in [0.15, 0.2) is 0 Å². The van der Waals surface area contributed by atoms with Crippen LogP contribution in [0.2, 0.25) is 19.6 Å². The number of anilines is 1. The van der Waals surface area contributed by atoms with Crippen LogP contribution in [0.4, 0.5) is 5.69 Å². The van der Waals surface area contributed by atoms with Gasteiger partial charge in [-0.05, 0) is 31.8 Å². The molecule has 0 spiro atoms. The number of nitrogens with zero attached hydrogens (tertiary/aromatic N) is 1. The first kappa shape index (κ1) is 12.3. The van der Waals surface area contributed by atoms with Crippen molar-refractivity contribution in [2.75, 3.05) is 19.8 Å². The van der Waals surface area contributed by atoms with Crippen LogP contribution < -0.4 is 10.9 Å².